The molecule has 0 amide bonds. The number of aliphatic hydroxyl groups is 1. The number of allylic oxidation sites excluding steroid dienone is 1. The molecular weight excluding hydrogens is 443 g/mol. The number of benzene rings is 2. The second-order valence-corrected chi connectivity index (χ2v) is 10.6. The van der Waals surface area contributed by atoms with E-state index in [0.29, 0.717) is 18.8 Å². The van der Waals surface area contributed by atoms with E-state index in [-0.39, 0.29) is 35.9 Å². The molecule has 2 aromatic carbocycles. The molecule has 3 atom stereocenters. The van der Waals surface area contributed by atoms with Crippen LogP contribution in [0.15, 0.2) is 53.4 Å². The number of hydrogen-bond acceptors (Lipinski definition) is 5. The Morgan fingerprint density at radius 3 is 2.73 bits per heavy atom. The highest BCUT2D eigenvalue weighted by atomic mass is 32.2. The van der Waals surface area contributed by atoms with Gasteiger partial charge in [0.15, 0.2) is 0 Å². The van der Waals surface area contributed by atoms with Gasteiger partial charge in [-0.1, -0.05) is 37.3 Å². The Bertz CT molecular complexity index is 1090. The van der Waals surface area contributed by atoms with E-state index < -0.39 is 16.1 Å². The fraction of sp³-hybridized carbons (Fsp3) is 0.440. The topological polar surface area (TPSA) is 70.1 Å². The Balaban J connectivity index is 1.96. The molecular formula is C25H33FN2O4S. The molecule has 0 bridgehead atoms. The van der Waals surface area contributed by atoms with E-state index in [0.717, 1.165) is 11.1 Å². The third kappa shape index (κ3) is 6.00. The lowest BCUT2D eigenvalue weighted by molar-refractivity contribution is 0.0733. The lowest BCUT2D eigenvalue weighted by Crippen LogP contribution is -2.49. The van der Waals surface area contributed by atoms with Gasteiger partial charge >= 0.3 is 0 Å². The van der Waals surface area contributed by atoms with Gasteiger partial charge in [0.1, 0.15) is 22.6 Å². The van der Waals surface area contributed by atoms with Crippen LogP contribution in [0.1, 0.15) is 31.9 Å². The fourth-order valence-electron chi connectivity index (χ4n) is 4.07. The highest BCUT2D eigenvalue weighted by Gasteiger charge is 2.38. The number of sulfonamides is 1. The monoisotopic (exact) mass is 476 g/mol. The van der Waals surface area contributed by atoms with Crippen molar-refractivity contribution < 1.29 is 22.7 Å². The zero-order chi connectivity index (χ0) is 24.2. The summed E-state index contributed by atoms with van der Waals surface area (Å²) in [5.41, 5.74) is 1.69. The van der Waals surface area contributed by atoms with Crippen LogP contribution >= 0.6 is 0 Å². The normalized spacial score (nSPS) is 21.9. The van der Waals surface area contributed by atoms with E-state index in [1.54, 1.807) is 31.2 Å². The second kappa shape index (κ2) is 10.8. The summed E-state index contributed by atoms with van der Waals surface area (Å²) in [6, 6.07) is 11.0. The molecule has 0 radical (unpaired) electrons. The zero-order valence-corrected chi connectivity index (χ0v) is 20.4. The lowest BCUT2D eigenvalue weighted by atomic mass is 10.0. The van der Waals surface area contributed by atoms with E-state index in [1.165, 1.54) is 16.4 Å². The van der Waals surface area contributed by atoms with Crippen LogP contribution in [0.3, 0.4) is 0 Å². The summed E-state index contributed by atoms with van der Waals surface area (Å²) in [4.78, 5) is 2.14. The number of nitrogens with zero attached hydrogens (tertiary/aromatic N) is 2. The molecule has 1 heterocycles. The van der Waals surface area contributed by atoms with Crippen molar-refractivity contribution in [2.24, 2.45) is 5.92 Å². The van der Waals surface area contributed by atoms with E-state index in [9.17, 15) is 17.9 Å². The van der Waals surface area contributed by atoms with Gasteiger partial charge < -0.3 is 9.84 Å². The predicted octanol–water partition coefficient (Wildman–Crippen LogP) is 3.76. The van der Waals surface area contributed by atoms with Crippen LogP contribution in [0.25, 0.3) is 6.08 Å². The molecule has 8 heteroatoms. The highest BCUT2D eigenvalue weighted by molar-refractivity contribution is 7.89. The van der Waals surface area contributed by atoms with Crippen LogP contribution in [0.4, 0.5) is 4.39 Å². The van der Waals surface area contributed by atoms with Crippen molar-refractivity contribution in [1.82, 2.24) is 9.21 Å². The summed E-state index contributed by atoms with van der Waals surface area (Å²) < 4.78 is 48.2. The van der Waals surface area contributed by atoms with Crippen LogP contribution < -0.4 is 4.74 Å². The molecule has 0 aromatic heterocycles. The predicted molar refractivity (Wildman–Crippen MR) is 128 cm³/mol. The van der Waals surface area contributed by atoms with E-state index in [4.69, 9.17) is 4.74 Å². The Morgan fingerprint density at radius 2 is 2.06 bits per heavy atom. The van der Waals surface area contributed by atoms with Gasteiger partial charge in [-0.15, -0.1) is 0 Å². The molecule has 0 unspecified atom stereocenters. The number of ether oxygens (including phenoxy) is 1. The molecule has 1 N–H and O–H groups in total. The average Bonchev–Trinajstić information content (AvgIpc) is 2.76. The van der Waals surface area contributed by atoms with Gasteiger partial charge in [-0.05, 0) is 56.3 Å². The zero-order valence-electron chi connectivity index (χ0n) is 19.6. The summed E-state index contributed by atoms with van der Waals surface area (Å²) in [5, 5.41) is 9.74. The summed E-state index contributed by atoms with van der Waals surface area (Å²) in [5.74, 6) is -0.126. The van der Waals surface area contributed by atoms with Gasteiger partial charge in [-0.3, -0.25) is 4.90 Å². The average molecular weight is 477 g/mol. The Labute approximate surface area is 196 Å². The summed E-state index contributed by atoms with van der Waals surface area (Å²) in [7, 11) is -1.92. The molecule has 1 aliphatic heterocycles. The maximum atomic E-state index is 13.6. The van der Waals surface area contributed by atoms with E-state index in [2.05, 4.69) is 0 Å². The van der Waals surface area contributed by atoms with Crippen molar-refractivity contribution in [1.29, 1.82) is 0 Å². The third-order valence-corrected chi connectivity index (χ3v) is 7.90. The van der Waals surface area contributed by atoms with Crippen molar-refractivity contribution in [2.45, 2.75) is 44.4 Å². The van der Waals surface area contributed by atoms with E-state index in [1.807, 2.05) is 44.0 Å². The molecule has 2 aromatic rings. The molecule has 1 aliphatic rings. The van der Waals surface area contributed by atoms with Crippen molar-refractivity contribution in [2.75, 3.05) is 26.7 Å². The number of likely N-dealkylation sites (N-methyl/N-ethyl adjacent to an activating group) is 1. The maximum absolute atomic E-state index is 13.6. The van der Waals surface area contributed by atoms with Crippen molar-refractivity contribution in [3.63, 3.8) is 0 Å². The highest BCUT2D eigenvalue weighted by Crippen LogP contribution is 2.34. The Kier molecular flexibility index (Phi) is 8.28. The lowest BCUT2D eigenvalue weighted by Gasteiger charge is -2.37. The SMILES string of the molecule is C/C=C/c1ccc2c(c1)O[C@H](CN(C)Cc1cccc(F)c1)[C@H](C)CN([C@@H](C)CO)S2(=O)=O. The number of aliphatic hydroxyl groups excluding tert-OH is 1. The number of rotatable bonds is 7. The first-order valence-corrected chi connectivity index (χ1v) is 12.6. The van der Waals surface area contributed by atoms with Crippen LogP contribution in [-0.2, 0) is 16.6 Å². The Morgan fingerprint density at radius 1 is 1.30 bits per heavy atom. The van der Waals surface area contributed by atoms with Crippen molar-refractivity contribution in [3.8, 4) is 5.75 Å². The van der Waals surface area contributed by atoms with Crippen LogP contribution in [0.2, 0.25) is 0 Å². The molecule has 3 rings (SSSR count). The van der Waals surface area contributed by atoms with Gasteiger partial charge in [0, 0.05) is 31.6 Å². The van der Waals surface area contributed by atoms with Crippen molar-refractivity contribution >= 4 is 16.1 Å². The number of fused-ring (bicyclic) bond motifs is 1. The van der Waals surface area contributed by atoms with Gasteiger partial charge in [-0.25, -0.2) is 12.8 Å². The first kappa shape index (κ1) is 25.4. The molecule has 0 aliphatic carbocycles. The van der Waals surface area contributed by atoms with Crippen LogP contribution in [0.5, 0.6) is 5.75 Å². The largest absolute Gasteiger partial charge is 0.487 e. The fourth-order valence-corrected chi connectivity index (χ4v) is 5.90. The first-order valence-electron chi connectivity index (χ1n) is 11.1. The molecule has 0 saturated heterocycles. The third-order valence-electron chi connectivity index (χ3n) is 5.88. The van der Waals surface area contributed by atoms with E-state index >= 15 is 0 Å². The molecule has 0 spiro atoms. The minimum atomic E-state index is -3.85. The molecule has 6 nitrogen and oxygen atoms in total. The first-order chi connectivity index (χ1) is 15.6. The number of hydrogen-bond donors (Lipinski definition) is 1. The van der Waals surface area contributed by atoms with Gasteiger partial charge in [-0.2, -0.15) is 4.31 Å². The standard InChI is InChI=1S/C25H33FN2O4S/c1-5-7-20-10-11-25-23(13-20)32-24(16-27(4)15-21-8-6-9-22(26)12-21)18(2)14-28(19(3)17-29)33(25,30)31/h5-13,18-19,24,29H,14-17H2,1-4H3/b7-5+/t18-,19+,24-/m1/s1. The second-order valence-electron chi connectivity index (χ2n) is 8.77. The smallest absolute Gasteiger partial charge is 0.247 e. The maximum Gasteiger partial charge on any atom is 0.247 e. The van der Waals surface area contributed by atoms with Gasteiger partial charge in [0.2, 0.25) is 10.0 Å². The minimum Gasteiger partial charge on any atom is -0.487 e. The van der Waals surface area contributed by atoms with Gasteiger partial charge in [0.25, 0.3) is 0 Å². The van der Waals surface area contributed by atoms with Crippen LogP contribution in [0, 0.1) is 11.7 Å². The summed E-state index contributed by atoms with van der Waals surface area (Å²) in [6.07, 6.45) is 3.45. The van der Waals surface area contributed by atoms with Crippen LogP contribution in [-0.4, -0.2) is 61.6 Å². The molecule has 0 saturated carbocycles. The van der Waals surface area contributed by atoms with Crippen molar-refractivity contribution in [3.05, 3.63) is 65.5 Å². The number of halogens is 1. The quantitative estimate of drug-likeness (QED) is 0.659. The molecule has 180 valence electrons. The Hall–Kier alpha value is -2.26. The summed E-state index contributed by atoms with van der Waals surface area (Å²) >= 11 is 0. The van der Waals surface area contributed by atoms with Gasteiger partial charge in [0.05, 0.1) is 6.61 Å². The molecule has 0 fully saturated rings. The summed E-state index contributed by atoms with van der Waals surface area (Å²) in [6.45, 7) is 6.55. The molecule has 33 heavy (non-hydrogen) atoms. The minimum absolute atomic E-state index is 0.0979.